The van der Waals surface area contributed by atoms with E-state index in [4.69, 9.17) is 0 Å². The van der Waals surface area contributed by atoms with Crippen molar-refractivity contribution in [3.63, 3.8) is 0 Å². The molecule has 0 radical (unpaired) electrons. The lowest BCUT2D eigenvalue weighted by molar-refractivity contribution is 0.632. The highest BCUT2D eigenvalue weighted by Crippen LogP contribution is 2.65. The van der Waals surface area contributed by atoms with E-state index in [2.05, 4.69) is 317 Å². The van der Waals surface area contributed by atoms with Crippen molar-refractivity contribution < 1.29 is 0 Å². The molecule has 0 aromatic heterocycles. The van der Waals surface area contributed by atoms with Crippen LogP contribution in [0, 0.1) is 0 Å². The lowest BCUT2D eigenvalue weighted by atomic mass is 9.69. The van der Waals surface area contributed by atoms with Gasteiger partial charge in [-0.3, -0.25) is 0 Å². The fourth-order valence-corrected chi connectivity index (χ4v) is 14.8. The minimum Gasteiger partial charge on any atom is -0.310 e. The summed E-state index contributed by atoms with van der Waals surface area (Å²) in [6.45, 7) is 9.66. The zero-order valence-electron chi connectivity index (χ0n) is 46.0. The van der Waals surface area contributed by atoms with Gasteiger partial charge < -0.3 is 9.80 Å². The van der Waals surface area contributed by atoms with E-state index in [9.17, 15) is 0 Å². The Labute approximate surface area is 475 Å². The SMILES string of the molecule is CC1(C)c2cc(-c3ccccc3)ccc2N(c2ccccc2)c2ccc(-c3ccc4c(c3)C3(c5ccccc5-c5ccccc53)c3cccc(-c5ccc6c(c5)C(C)(C)c5cc(-c7ccccc7)ccc5N6c5ccccc5)c3-4)cc21. The molecule has 12 aromatic rings. The van der Waals surface area contributed by atoms with Gasteiger partial charge in [0.2, 0.25) is 0 Å². The third kappa shape index (κ3) is 6.80. The van der Waals surface area contributed by atoms with Crippen LogP contribution in [0.25, 0.3) is 66.8 Å². The molecule has 0 bridgehead atoms. The highest BCUT2D eigenvalue weighted by molar-refractivity contribution is 6.02. The molecule has 0 unspecified atom stereocenters. The molecule has 16 rings (SSSR count). The summed E-state index contributed by atoms with van der Waals surface area (Å²) in [6.07, 6.45) is 0. The summed E-state index contributed by atoms with van der Waals surface area (Å²) in [5, 5.41) is 0. The van der Waals surface area contributed by atoms with Crippen LogP contribution in [0.15, 0.2) is 279 Å². The fraction of sp³-hybridized carbons (Fsp3) is 0.0886. The summed E-state index contributed by atoms with van der Waals surface area (Å²) in [5.74, 6) is 0. The summed E-state index contributed by atoms with van der Waals surface area (Å²) in [4.78, 5) is 4.95. The molecule has 0 saturated heterocycles. The molecule has 0 saturated carbocycles. The average molecular weight is 1040 g/mol. The summed E-state index contributed by atoms with van der Waals surface area (Å²) in [6, 6.07) is 105. The lowest BCUT2D eigenvalue weighted by Crippen LogP contribution is -2.30. The third-order valence-corrected chi connectivity index (χ3v) is 18.6. The maximum atomic E-state index is 2.56. The van der Waals surface area contributed by atoms with Gasteiger partial charge in [0.25, 0.3) is 0 Å². The maximum absolute atomic E-state index is 2.56. The number of fused-ring (bicyclic) bond motifs is 14. The van der Waals surface area contributed by atoms with Crippen LogP contribution in [-0.4, -0.2) is 0 Å². The Morgan fingerprint density at radius 1 is 0.222 bits per heavy atom. The first kappa shape index (κ1) is 47.3. The van der Waals surface area contributed by atoms with E-state index >= 15 is 0 Å². The number of nitrogens with zero attached hydrogens (tertiary/aromatic N) is 2. The predicted molar refractivity (Wildman–Crippen MR) is 338 cm³/mol. The highest BCUT2D eigenvalue weighted by atomic mass is 15.2. The van der Waals surface area contributed by atoms with E-state index in [1.165, 1.54) is 134 Å². The molecule has 81 heavy (non-hydrogen) atoms. The Balaban J connectivity index is 0.891. The highest BCUT2D eigenvalue weighted by Gasteiger charge is 2.52. The van der Waals surface area contributed by atoms with Crippen molar-refractivity contribution in [2.75, 3.05) is 9.80 Å². The van der Waals surface area contributed by atoms with E-state index in [-0.39, 0.29) is 10.8 Å². The number of rotatable bonds is 6. The van der Waals surface area contributed by atoms with Gasteiger partial charge in [0.05, 0.1) is 28.2 Å². The smallest absolute Gasteiger partial charge is 0.0725 e. The number of benzene rings is 12. The molecule has 0 atom stereocenters. The van der Waals surface area contributed by atoms with Crippen molar-refractivity contribution in [1.82, 2.24) is 0 Å². The van der Waals surface area contributed by atoms with Gasteiger partial charge in [0, 0.05) is 22.2 Å². The molecule has 2 heterocycles. The van der Waals surface area contributed by atoms with Crippen molar-refractivity contribution in [3.8, 4) is 66.8 Å². The van der Waals surface area contributed by atoms with E-state index < -0.39 is 5.41 Å². The van der Waals surface area contributed by atoms with Crippen molar-refractivity contribution in [3.05, 3.63) is 324 Å². The Bertz CT molecular complexity index is 4470. The van der Waals surface area contributed by atoms with Crippen molar-refractivity contribution in [2.45, 2.75) is 43.9 Å². The zero-order chi connectivity index (χ0) is 54.2. The van der Waals surface area contributed by atoms with E-state index in [0.717, 1.165) is 11.4 Å². The van der Waals surface area contributed by atoms with Crippen LogP contribution in [0.2, 0.25) is 0 Å². The van der Waals surface area contributed by atoms with Gasteiger partial charge in [-0.15, -0.1) is 0 Å². The topological polar surface area (TPSA) is 6.48 Å². The summed E-state index contributed by atoms with van der Waals surface area (Å²) in [7, 11) is 0. The Hall–Kier alpha value is -9.76. The van der Waals surface area contributed by atoms with Gasteiger partial charge in [0.15, 0.2) is 0 Å². The van der Waals surface area contributed by atoms with Gasteiger partial charge in [-0.1, -0.05) is 228 Å². The van der Waals surface area contributed by atoms with Crippen molar-refractivity contribution in [2.24, 2.45) is 0 Å². The molecule has 0 N–H and O–H groups in total. The molecule has 0 amide bonds. The van der Waals surface area contributed by atoms with E-state index in [1.54, 1.807) is 0 Å². The third-order valence-electron chi connectivity index (χ3n) is 18.6. The Morgan fingerprint density at radius 3 is 1.01 bits per heavy atom. The quantitative estimate of drug-likeness (QED) is 0.164. The maximum Gasteiger partial charge on any atom is 0.0725 e. The average Bonchev–Trinajstić information content (AvgIpc) is 2.45. The molecule has 2 heteroatoms. The zero-order valence-corrected chi connectivity index (χ0v) is 46.0. The molecule has 2 aliphatic carbocycles. The number of anilines is 6. The molecule has 2 nitrogen and oxygen atoms in total. The predicted octanol–water partition coefficient (Wildman–Crippen LogP) is 20.9. The Morgan fingerprint density at radius 2 is 0.556 bits per heavy atom. The van der Waals surface area contributed by atoms with Crippen LogP contribution >= 0.6 is 0 Å². The van der Waals surface area contributed by atoms with E-state index in [1.807, 2.05) is 0 Å². The number of hydrogen-bond acceptors (Lipinski definition) is 2. The van der Waals surface area contributed by atoms with Gasteiger partial charge >= 0.3 is 0 Å². The lowest BCUT2D eigenvalue weighted by Gasteiger charge is -2.42. The minimum atomic E-state index is -0.543. The van der Waals surface area contributed by atoms with Crippen LogP contribution < -0.4 is 9.80 Å². The first-order chi connectivity index (χ1) is 39.7. The Kier molecular flexibility index (Phi) is 10.3. The molecular formula is C79H58N2. The van der Waals surface area contributed by atoms with Crippen LogP contribution in [0.5, 0.6) is 0 Å². The van der Waals surface area contributed by atoms with Crippen LogP contribution in [0.3, 0.4) is 0 Å². The normalized spacial score (nSPS) is 14.9. The van der Waals surface area contributed by atoms with Gasteiger partial charge in [-0.05, 0) is 190 Å². The van der Waals surface area contributed by atoms with Gasteiger partial charge in [-0.2, -0.15) is 0 Å². The monoisotopic (exact) mass is 1030 g/mol. The fourth-order valence-electron chi connectivity index (χ4n) is 14.8. The molecule has 1 spiro atoms. The number of hydrogen-bond donors (Lipinski definition) is 0. The van der Waals surface area contributed by atoms with Gasteiger partial charge in [-0.25, -0.2) is 0 Å². The van der Waals surface area contributed by atoms with Crippen LogP contribution in [-0.2, 0) is 16.2 Å². The summed E-state index contributed by atoms with van der Waals surface area (Å²) in [5.41, 5.74) is 31.6. The molecule has 4 aliphatic rings. The molecular weight excluding hydrogens is 977 g/mol. The summed E-state index contributed by atoms with van der Waals surface area (Å²) < 4.78 is 0. The van der Waals surface area contributed by atoms with E-state index in [0.29, 0.717) is 0 Å². The number of para-hydroxylation sites is 2. The molecule has 2 aliphatic heterocycles. The second-order valence-corrected chi connectivity index (χ2v) is 23.6. The largest absolute Gasteiger partial charge is 0.310 e. The second kappa shape index (κ2) is 17.6. The summed E-state index contributed by atoms with van der Waals surface area (Å²) >= 11 is 0. The molecule has 384 valence electrons. The molecule has 12 aromatic carbocycles. The standard InChI is InChI=1S/C79H58N2/c1-77(2)68-47-53(51-22-9-5-10-23-51)37-42-72(68)80(58-26-13-7-14-27-58)74-44-39-56(49-70(74)77)55-36-41-63-67(46-55)79(64-33-19-17-30-61(64)62-31-18-20-34-65(62)79)66-35-21-32-60(76(63)66)57-40-45-75-71(50-57)78(3,4)69-48-54(52-24-11-6-12-25-52)38-43-73(69)81(75)59-28-15-8-16-29-59/h5-50H,1-4H3. The first-order valence-corrected chi connectivity index (χ1v) is 28.6. The van der Waals surface area contributed by atoms with Crippen molar-refractivity contribution in [1.29, 1.82) is 0 Å². The van der Waals surface area contributed by atoms with Crippen molar-refractivity contribution >= 4 is 34.1 Å². The molecule has 0 fully saturated rings. The van der Waals surface area contributed by atoms with Gasteiger partial charge in [0.1, 0.15) is 0 Å². The minimum absolute atomic E-state index is 0.309. The second-order valence-electron chi connectivity index (χ2n) is 23.6. The van der Waals surface area contributed by atoms with Crippen LogP contribution in [0.1, 0.15) is 72.2 Å². The van der Waals surface area contributed by atoms with Crippen LogP contribution in [0.4, 0.5) is 34.1 Å². The first-order valence-electron chi connectivity index (χ1n) is 28.6.